The number of amides is 1. The first kappa shape index (κ1) is 15.0. The van der Waals surface area contributed by atoms with Gasteiger partial charge in [0.15, 0.2) is 0 Å². The van der Waals surface area contributed by atoms with E-state index in [1.807, 2.05) is 20.8 Å². The zero-order valence-corrected chi connectivity index (χ0v) is 12.1. The predicted octanol–water partition coefficient (Wildman–Crippen LogP) is 3.05. The molecule has 0 saturated heterocycles. The van der Waals surface area contributed by atoms with Crippen LogP contribution in [-0.4, -0.2) is 23.0 Å². The molecule has 1 saturated carbocycles. The summed E-state index contributed by atoms with van der Waals surface area (Å²) in [5.41, 5.74) is -0.789. The molecule has 1 fully saturated rings. The standard InChI is InChI=1S/C14H25NO3/c1-10(2)14(8-6-11(16)7-9-14)15-12(17)18-13(3,4)5/h10H,6-9H2,1-5H3,(H,15,17). The number of Topliss-reactive ketones (excluding diaryl/α,β-unsaturated/α-hetero) is 1. The maximum absolute atomic E-state index is 11.9. The van der Waals surface area contributed by atoms with E-state index in [-0.39, 0.29) is 23.3 Å². The number of nitrogens with one attached hydrogen (secondary N) is 1. The van der Waals surface area contributed by atoms with Crippen molar-refractivity contribution in [3.8, 4) is 0 Å². The van der Waals surface area contributed by atoms with E-state index in [1.165, 1.54) is 0 Å². The molecule has 0 atom stereocenters. The highest BCUT2D eigenvalue weighted by atomic mass is 16.6. The second-order valence-corrected chi connectivity index (χ2v) is 6.48. The summed E-state index contributed by atoms with van der Waals surface area (Å²) in [6.07, 6.45) is 2.14. The Morgan fingerprint density at radius 2 is 1.78 bits per heavy atom. The molecule has 0 aromatic carbocycles. The van der Waals surface area contributed by atoms with E-state index in [4.69, 9.17) is 4.74 Å². The summed E-state index contributed by atoms with van der Waals surface area (Å²) in [7, 11) is 0. The summed E-state index contributed by atoms with van der Waals surface area (Å²) in [6, 6.07) is 0. The Bertz CT molecular complexity index is 318. The van der Waals surface area contributed by atoms with Crippen LogP contribution >= 0.6 is 0 Å². The zero-order valence-electron chi connectivity index (χ0n) is 12.1. The van der Waals surface area contributed by atoms with Crippen molar-refractivity contribution in [2.45, 2.75) is 71.4 Å². The highest BCUT2D eigenvalue weighted by Gasteiger charge is 2.39. The smallest absolute Gasteiger partial charge is 0.408 e. The molecular weight excluding hydrogens is 230 g/mol. The van der Waals surface area contributed by atoms with Gasteiger partial charge in [0.2, 0.25) is 0 Å². The second-order valence-electron chi connectivity index (χ2n) is 6.48. The summed E-state index contributed by atoms with van der Waals surface area (Å²) in [4.78, 5) is 23.2. The quantitative estimate of drug-likeness (QED) is 0.825. The fourth-order valence-corrected chi connectivity index (χ4v) is 2.33. The average Bonchev–Trinajstić information content (AvgIpc) is 2.18. The minimum Gasteiger partial charge on any atom is -0.444 e. The van der Waals surface area contributed by atoms with E-state index in [9.17, 15) is 9.59 Å². The van der Waals surface area contributed by atoms with E-state index in [0.717, 1.165) is 0 Å². The Labute approximate surface area is 109 Å². The third kappa shape index (κ3) is 4.00. The van der Waals surface area contributed by atoms with Gasteiger partial charge in [0.25, 0.3) is 0 Å². The maximum atomic E-state index is 11.9. The number of hydrogen-bond acceptors (Lipinski definition) is 3. The highest BCUT2D eigenvalue weighted by Crippen LogP contribution is 2.33. The van der Waals surface area contributed by atoms with Crippen LogP contribution < -0.4 is 5.32 Å². The number of carbonyl (C=O) groups excluding carboxylic acids is 2. The fourth-order valence-electron chi connectivity index (χ4n) is 2.33. The van der Waals surface area contributed by atoms with Crippen LogP contribution in [0.1, 0.15) is 60.3 Å². The van der Waals surface area contributed by atoms with Crippen LogP contribution in [0, 0.1) is 5.92 Å². The largest absolute Gasteiger partial charge is 0.444 e. The van der Waals surface area contributed by atoms with Crippen molar-refractivity contribution in [3.05, 3.63) is 0 Å². The minimum atomic E-state index is -0.493. The van der Waals surface area contributed by atoms with E-state index in [0.29, 0.717) is 25.7 Å². The van der Waals surface area contributed by atoms with Gasteiger partial charge in [-0.05, 0) is 39.5 Å². The molecule has 18 heavy (non-hydrogen) atoms. The van der Waals surface area contributed by atoms with Gasteiger partial charge < -0.3 is 10.1 Å². The molecule has 0 radical (unpaired) electrons. The van der Waals surface area contributed by atoms with Gasteiger partial charge in [-0.1, -0.05) is 13.8 Å². The van der Waals surface area contributed by atoms with E-state index < -0.39 is 5.60 Å². The molecule has 0 aromatic heterocycles. The molecule has 1 amide bonds. The second kappa shape index (κ2) is 5.29. The van der Waals surface area contributed by atoms with Gasteiger partial charge in [-0.2, -0.15) is 0 Å². The lowest BCUT2D eigenvalue weighted by Gasteiger charge is -2.41. The fraction of sp³-hybridized carbons (Fsp3) is 0.857. The first-order chi connectivity index (χ1) is 8.15. The van der Waals surface area contributed by atoms with Crippen LogP contribution in [0.4, 0.5) is 4.79 Å². The minimum absolute atomic E-state index is 0.289. The summed E-state index contributed by atoms with van der Waals surface area (Å²) < 4.78 is 5.31. The molecule has 1 aliphatic carbocycles. The number of hydrogen-bond donors (Lipinski definition) is 1. The highest BCUT2D eigenvalue weighted by molar-refractivity contribution is 5.80. The number of rotatable bonds is 2. The Balaban J connectivity index is 2.69. The van der Waals surface area contributed by atoms with Gasteiger partial charge in [-0.3, -0.25) is 4.79 Å². The van der Waals surface area contributed by atoms with E-state index >= 15 is 0 Å². The molecule has 4 heteroatoms. The van der Waals surface area contributed by atoms with Crippen molar-refractivity contribution < 1.29 is 14.3 Å². The van der Waals surface area contributed by atoms with Crippen molar-refractivity contribution in [1.29, 1.82) is 0 Å². The third-order valence-corrected chi connectivity index (χ3v) is 3.55. The van der Waals surface area contributed by atoms with Gasteiger partial charge in [0, 0.05) is 18.4 Å². The monoisotopic (exact) mass is 255 g/mol. The molecule has 0 aromatic rings. The lowest BCUT2D eigenvalue weighted by molar-refractivity contribution is -0.122. The molecule has 1 N–H and O–H groups in total. The SMILES string of the molecule is CC(C)C1(NC(=O)OC(C)(C)C)CCC(=O)CC1. The molecule has 0 bridgehead atoms. The molecule has 0 heterocycles. The van der Waals surface area contributed by atoms with Crippen LogP contribution in [0.25, 0.3) is 0 Å². The lowest BCUT2D eigenvalue weighted by Crippen LogP contribution is -2.55. The predicted molar refractivity (Wildman–Crippen MR) is 70.4 cm³/mol. The molecule has 4 nitrogen and oxygen atoms in total. The van der Waals surface area contributed by atoms with Crippen molar-refractivity contribution in [1.82, 2.24) is 5.32 Å². The van der Waals surface area contributed by atoms with Crippen LogP contribution in [-0.2, 0) is 9.53 Å². The molecule has 1 aliphatic rings. The van der Waals surface area contributed by atoms with Gasteiger partial charge in [0.1, 0.15) is 11.4 Å². The number of ether oxygens (including phenoxy) is 1. The topological polar surface area (TPSA) is 55.4 Å². The van der Waals surface area contributed by atoms with Crippen LogP contribution in [0.5, 0.6) is 0 Å². The molecule has 0 aliphatic heterocycles. The van der Waals surface area contributed by atoms with Crippen LogP contribution in [0.2, 0.25) is 0 Å². The van der Waals surface area contributed by atoms with Crippen molar-refractivity contribution >= 4 is 11.9 Å². The summed E-state index contributed by atoms with van der Waals surface area (Å²) in [5, 5.41) is 3.00. The summed E-state index contributed by atoms with van der Waals surface area (Å²) in [6.45, 7) is 9.69. The number of carbonyl (C=O) groups is 2. The Morgan fingerprint density at radius 3 is 2.17 bits per heavy atom. The van der Waals surface area contributed by atoms with Crippen LogP contribution in [0.15, 0.2) is 0 Å². The average molecular weight is 255 g/mol. The normalized spacial score (nSPS) is 19.8. The van der Waals surface area contributed by atoms with Gasteiger partial charge in [-0.25, -0.2) is 4.79 Å². The van der Waals surface area contributed by atoms with Crippen molar-refractivity contribution in [2.75, 3.05) is 0 Å². The lowest BCUT2D eigenvalue weighted by atomic mass is 9.74. The molecule has 0 spiro atoms. The maximum Gasteiger partial charge on any atom is 0.408 e. The van der Waals surface area contributed by atoms with E-state index in [1.54, 1.807) is 0 Å². The van der Waals surface area contributed by atoms with Gasteiger partial charge in [-0.15, -0.1) is 0 Å². The van der Waals surface area contributed by atoms with Gasteiger partial charge >= 0.3 is 6.09 Å². The molecular formula is C14H25NO3. The summed E-state index contributed by atoms with van der Waals surface area (Å²) >= 11 is 0. The Morgan fingerprint density at radius 1 is 1.28 bits per heavy atom. The number of alkyl carbamates (subject to hydrolysis) is 1. The molecule has 1 rings (SSSR count). The van der Waals surface area contributed by atoms with Gasteiger partial charge in [0.05, 0.1) is 0 Å². The molecule has 104 valence electrons. The first-order valence-corrected chi connectivity index (χ1v) is 6.67. The van der Waals surface area contributed by atoms with Crippen molar-refractivity contribution in [2.24, 2.45) is 5.92 Å². The van der Waals surface area contributed by atoms with Crippen molar-refractivity contribution in [3.63, 3.8) is 0 Å². The summed E-state index contributed by atoms with van der Waals surface area (Å²) in [5.74, 6) is 0.579. The van der Waals surface area contributed by atoms with E-state index in [2.05, 4.69) is 19.2 Å². The molecule has 0 unspecified atom stereocenters. The Hall–Kier alpha value is -1.06. The van der Waals surface area contributed by atoms with Crippen LogP contribution in [0.3, 0.4) is 0 Å². The zero-order chi connectivity index (χ0) is 14.0. The first-order valence-electron chi connectivity index (χ1n) is 6.67. The third-order valence-electron chi connectivity index (χ3n) is 3.55. The number of ketones is 1. The Kier molecular flexibility index (Phi) is 4.41.